The summed E-state index contributed by atoms with van der Waals surface area (Å²) in [6, 6.07) is 7.97. The van der Waals surface area contributed by atoms with Crippen LogP contribution in [0.2, 0.25) is 0 Å². The summed E-state index contributed by atoms with van der Waals surface area (Å²) in [7, 11) is 1.78. The van der Waals surface area contributed by atoms with Crippen molar-refractivity contribution in [2.24, 2.45) is 5.10 Å². The zero-order chi connectivity index (χ0) is 12.3. The van der Waals surface area contributed by atoms with E-state index in [0.717, 1.165) is 24.3 Å². The molecule has 94 valence electrons. The van der Waals surface area contributed by atoms with Gasteiger partial charge in [0.25, 0.3) is 0 Å². The fourth-order valence-corrected chi connectivity index (χ4v) is 1.54. The van der Waals surface area contributed by atoms with E-state index >= 15 is 0 Å². The SMILES string of the molecule is CCCCCCOc1cccc(/C=N/NC)c1. The highest BCUT2D eigenvalue weighted by molar-refractivity contribution is 5.79. The van der Waals surface area contributed by atoms with Crippen LogP contribution in [0.25, 0.3) is 0 Å². The molecule has 0 saturated heterocycles. The Labute approximate surface area is 104 Å². The molecule has 0 bridgehead atoms. The van der Waals surface area contributed by atoms with Gasteiger partial charge in [0, 0.05) is 7.05 Å². The molecule has 0 heterocycles. The molecular formula is C14H22N2O. The molecular weight excluding hydrogens is 212 g/mol. The van der Waals surface area contributed by atoms with Gasteiger partial charge >= 0.3 is 0 Å². The normalized spacial score (nSPS) is 10.7. The van der Waals surface area contributed by atoms with Crippen LogP contribution < -0.4 is 10.2 Å². The Balaban J connectivity index is 2.35. The van der Waals surface area contributed by atoms with Gasteiger partial charge in [0.2, 0.25) is 0 Å². The Morgan fingerprint density at radius 1 is 1.29 bits per heavy atom. The first-order chi connectivity index (χ1) is 8.36. The third kappa shape index (κ3) is 5.95. The molecule has 0 fully saturated rings. The van der Waals surface area contributed by atoms with E-state index in [1.54, 1.807) is 13.3 Å². The predicted molar refractivity (Wildman–Crippen MR) is 72.7 cm³/mol. The Bertz CT molecular complexity index is 337. The van der Waals surface area contributed by atoms with Gasteiger partial charge in [0.1, 0.15) is 5.75 Å². The lowest BCUT2D eigenvalue weighted by atomic mass is 10.2. The summed E-state index contributed by atoms with van der Waals surface area (Å²) < 4.78 is 5.69. The molecule has 0 aliphatic rings. The summed E-state index contributed by atoms with van der Waals surface area (Å²) in [6.45, 7) is 3.01. The van der Waals surface area contributed by atoms with Crippen molar-refractivity contribution in [3.8, 4) is 5.75 Å². The second-order valence-corrected chi connectivity index (χ2v) is 3.96. The van der Waals surface area contributed by atoms with Crippen LogP contribution in [0, 0.1) is 0 Å². The summed E-state index contributed by atoms with van der Waals surface area (Å²) in [4.78, 5) is 0. The number of unbranched alkanes of at least 4 members (excludes halogenated alkanes) is 3. The molecule has 0 aliphatic heterocycles. The lowest BCUT2D eigenvalue weighted by molar-refractivity contribution is 0.305. The van der Waals surface area contributed by atoms with E-state index in [2.05, 4.69) is 17.5 Å². The number of ether oxygens (including phenoxy) is 1. The van der Waals surface area contributed by atoms with Crippen LogP contribution in [0.1, 0.15) is 38.2 Å². The van der Waals surface area contributed by atoms with Gasteiger partial charge in [-0.15, -0.1) is 0 Å². The predicted octanol–water partition coefficient (Wildman–Crippen LogP) is 3.20. The van der Waals surface area contributed by atoms with Gasteiger partial charge in [-0.2, -0.15) is 5.10 Å². The van der Waals surface area contributed by atoms with Gasteiger partial charge in [-0.3, -0.25) is 0 Å². The fourth-order valence-electron chi connectivity index (χ4n) is 1.54. The highest BCUT2D eigenvalue weighted by Gasteiger charge is 1.95. The second kappa shape index (κ2) is 8.62. The topological polar surface area (TPSA) is 33.6 Å². The van der Waals surface area contributed by atoms with Gasteiger partial charge in [0.05, 0.1) is 12.8 Å². The first-order valence-electron chi connectivity index (χ1n) is 6.29. The van der Waals surface area contributed by atoms with E-state index in [1.807, 2.05) is 24.3 Å². The number of hydrogen-bond donors (Lipinski definition) is 1. The van der Waals surface area contributed by atoms with Crippen LogP contribution in [-0.2, 0) is 0 Å². The lowest BCUT2D eigenvalue weighted by Gasteiger charge is -2.06. The van der Waals surface area contributed by atoms with Crippen molar-refractivity contribution in [1.29, 1.82) is 0 Å². The second-order valence-electron chi connectivity index (χ2n) is 3.96. The van der Waals surface area contributed by atoms with Crippen LogP contribution >= 0.6 is 0 Å². The summed E-state index contributed by atoms with van der Waals surface area (Å²) in [6.07, 6.45) is 6.71. The van der Waals surface area contributed by atoms with E-state index in [1.165, 1.54) is 19.3 Å². The van der Waals surface area contributed by atoms with Crippen molar-refractivity contribution in [3.05, 3.63) is 29.8 Å². The molecule has 3 heteroatoms. The molecule has 0 amide bonds. The maximum Gasteiger partial charge on any atom is 0.119 e. The average Bonchev–Trinajstić information content (AvgIpc) is 2.37. The van der Waals surface area contributed by atoms with E-state index in [0.29, 0.717) is 0 Å². The zero-order valence-corrected chi connectivity index (χ0v) is 10.8. The van der Waals surface area contributed by atoms with E-state index in [4.69, 9.17) is 4.74 Å². The van der Waals surface area contributed by atoms with Crippen molar-refractivity contribution >= 4 is 6.21 Å². The molecule has 0 unspecified atom stereocenters. The van der Waals surface area contributed by atoms with Crippen LogP contribution in [0.15, 0.2) is 29.4 Å². The van der Waals surface area contributed by atoms with Crippen LogP contribution in [0.5, 0.6) is 5.75 Å². The molecule has 0 saturated carbocycles. The van der Waals surface area contributed by atoms with Gasteiger partial charge < -0.3 is 10.2 Å². The minimum atomic E-state index is 0.798. The third-order valence-electron chi connectivity index (χ3n) is 2.47. The Kier molecular flexibility index (Phi) is 6.87. The molecule has 0 spiro atoms. The molecule has 1 aromatic carbocycles. The molecule has 0 atom stereocenters. The number of nitrogens with one attached hydrogen (secondary N) is 1. The smallest absolute Gasteiger partial charge is 0.119 e. The maximum atomic E-state index is 5.69. The molecule has 0 aromatic heterocycles. The highest BCUT2D eigenvalue weighted by Crippen LogP contribution is 2.12. The molecule has 1 rings (SSSR count). The van der Waals surface area contributed by atoms with Crippen molar-refractivity contribution in [3.63, 3.8) is 0 Å². The number of benzene rings is 1. The highest BCUT2D eigenvalue weighted by atomic mass is 16.5. The zero-order valence-electron chi connectivity index (χ0n) is 10.8. The number of hydrogen-bond acceptors (Lipinski definition) is 3. The van der Waals surface area contributed by atoms with Crippen LogP contribution in [0.4, 0.5) is 0 Å². The Hall–Kier alpha value is -1.51. The standard InChI is InChI=1S/C14H22N2O/c1-3-4-5-6-10-17-14-9-7-8-13(11-14)12-16-15-2/h7-9,11-12,15H,3-6,10H2,1-2H3/b16-12+. The molecule has 1 N–H and O–H groups in total. The summed E-state index contributed by atoms with van der Waals surface area (Å²) in [5.74, 6) is 0.918. The molecule has 0 aliphatic carbocycles. The van der Waals surface area contributed by atoms with Crippen molar-refractivity contribution in [2.75, 3.05) is 13.7 Å². The van der Waals surface area contributed by atoms with Gasteiger partial charge in [-0.25, -0.2) is 0 Å². The van der Waals surface area contributed by atoms with Gasteiger partial charge in [0.15, 0.2) is 0 Å². The number of hydrazone groups is 1. The first kappa shape index (κ1) is 13.6. The quantitative estimate of drug-likeness (QED) is 0.426. The van der Waals surface area contributed by atoms with Crippen LogP contribution in [0.3, 0.4) is 0 Å². The lowest BCUT2D eigenvalue weighted by Crippen LogP contribution is -1.98. The maximum absolute atomic E-state index is 5.69. The van der Waals surface area contributed by atoms with Gasteiger partial charge in [-0.1, -0.05) is 38.3 Å². The van der Waals surface area contributed by atoms with Crippen LogP contribution in [-0.4, -0.2) is 19.9 Å². The van der Waals surface area contributed by atoms with E-state index < -0.39 is 0 Å². The minimum absolute atomic E-state index is 0.798. The van der Waals surface area contributed by atoms with Crippen molar-refractivity contribution in [1.82, 2.24) is 5.43 Å². The Morgan fingerprint density at radius 2 is 2.18 bits per heavy atom. The van der Waals surface area contributed by atoms with Gasteiger partial charge in [-0.05, 0) is 24.1 Å². The number of nitrogens with zero attached hydrogens (tertiary/aromatic N) is 1. The van der Waals surface area contributed by atoms with Crippen molar-refractivity contribution in [2.45, 2.75) is 32.6 Å². The Morgan fingerprint density at radius 3 is 2.94 bits per heavy atom. The first-order valence-corrected chi connectivity index (χ1v) is 6.29. The summed E-state index contributed by atoms with van der Waals surface area (Å²) in [5.41, 5.74) is 3.78. The molecule has 3 nitrogen and oxygen atoms in total. The minimum Gasteiger partial charge on any atom is -0.494 e. The van der Waals surface area contributed by atoms with E-state index in [9.17, 15) is 0 Å². The average molecular weight is 234 g/mol. The molecule has 17 heavy (non-hydrogen) atoms. The monoisotopic (exact) mass is 234 g/mol. The summed E-state index contributed by atoms with van der Waals surface area (Å²) in [5, 5.41) is 3.97. The van der Waals surface area contributed by atoms with E-state index in [-0.39, 0.29) is 0 Å². The van der Waals surface area contributed by atoms with Crippen molar-refractivity contribution < 1.29 is 4.74 Å². The molecule has 1 aromatic rings. The fraction of sp³-hybridized carbons (Fsp3) is 0.500. The molecule has 0 radical (unpaired) electrons. The summed E-state index contributed by atoms with van der Waals surface area (Å²) >= 11 is 0. The third-order valence-corrected chi connectivity index (χ3v) is 2.47. The number of rotatable bonds is 8. The largest absolute Gasteiger partial charge is 0.494 e.